The van der Waals surface area contributed by atoms with Gasteiger partial charge in [-0.05, 0) is 59.6 Å². The molecule has 0 atom stereocenters. The molecular weight excluding hydrogens is 194 g/mol. The predicted molar refractivity (Wildman–Crippen MR) is 63.5 cm³/mol. The van der Waals surface area contributed by atoms with Gasteiger partial charge in [0.1, 0.15) is 0 Å². The van der Waals surface area contributed by atoms with Gasteiger partial charge in [-0.2, -0.15) is 0 Å². The lowest BCUT2D eigenvalue weighted by atomic mass is 9.79. The van der Waals surface area contributed by atoms with Crippen LogP contribution in [0.1, 0.15) is 40.5 Å². The van der Waals surface area contributed by atoms with E-state index in [-0.39, 0.29) is 11.1 Å². The Morgan fingerprint density at radius 3 is 1.93 bits per heavy atom. The zero-order valence-electron chi connectivity index (χ0n) is 10.3. The van der Waals surface area contributed by atoms with Gasteiger partial charge in [0.15, 0.2) is 0 Å². The monoisotopic (exact) mass is 217 g/mol. The van der Waals surface area contributed by atoms with Gasteiger partial charge in [-0.15, -0.1) is 0 Å². The quantitative estimate of drug-likeness (QED) is 0.660. The molecule has 0 amide bonds. The highest BCUT2D eigenvalue weighted by Crippen LogP contribution is 2.38. The lowest BCUT2D eigenvalue weighted by Gasteiger charge is -2.53. The van der Waals surface area contributed by atoms with Crippen LogP contribution < -0.4 is 0 Å². The third kappa shape index (κ3) is 2.44. The zero-order valence-corrected chi connectivity index (χ0v) is 11.1. The van der Waals surface area contributed by atoms with Crippen molar-refractivity contribution in [2.24, 2.45) is 0 Å². The molecule has 0 aromatic rings. The third-order valence-corrected chi connectivity index (χ3v) is 3.97. The minimum atomic E-state index is 0.238. The summed E-state index contributed by atoms with van der Waals surface area (Å²) in [5.74, 6) is 0. The molecule has 2 nitrogen and oxygen atoms in total. The van der Waals surface area contributed by atoms with Gasteiger partial charge >= 0.3 is 0 Å². The summed E-state index contributed by atoms with van der Waals surface area (Å²) < 4.78 is 5.69. The number of hydrogen-bond donors (Lipinski definition) is 0. The fourth-order valence-electron chi connectivity index (χ4n) is 2.48. The first-order chi connectivity index (χ1) is 6.29. The van der Waals surface area contributed by atoms with Gasteiger partial charge in [0.25, 0.3) is 0 Å². The van der Waals surface area contributed by atoms with E-state index in [1.54, 1.807) is 0 Å². The minimum absolute atomic E-state index is 0.238. The van der Waals surface area contributed by atoms with Crippen molar-refractivity contribution in [3.05, 3.63) is 0 Å². The van der Waals surface area contributed by atoms with E-state index in [0.29, 0.717) is 6.10 Å². The summed E-state index contributed by atoms with van der Waals surface area (Å²) in [6.45, 7) is 9.18. The van der Waals surface area contributed by atoms with Crippen LogP contribution in [0.2, 0.25) is 0 Å². The topological polar surface area (TPSA) is 12.5 Å². The van der Waals surface area contributed by atoms with Crippen molar-refractivity contribution in [1.29, 1.82) is 0 Å². The maximum Gasteiger partial charge on any atom is 0.0757 e. The van der Waals surface area contributed by atoms with Crippen LogP contribution in [0.5, 0.6) is 0 Å². The summed E-state index contributed by atoms with van der Waals surface area (Å²) in [5, 5.41) is 0. The first-order valence-electron chi connectivity index (χ1n) is 5.23. The summed E-state index contributed by atoms with van der Waals surface area (Å²) in [6, 6.07) is 0. The first kappa shape index (κ1) is 12.3. The molecule has 0 saturated carbocycles. The SMILES string of the molecule is CSOC1CC(C)(C)N(C)C(C)(C)C1. The Bertz CT molecular complexity index is 185. The van der Waals surface area contributed by atoms with Gasteiger partial charge < -0.3 is 4.18 Å². The van der Waals surface area contributed by atoms with E-state index in [4.69, 9.17) is 4.18 Å². The fourth-order valence-corrected chi connectivity index (χ4v) is 2.89. The van der Waals surface area contributed by atoms with Crippen molar-refractivity contribution in [2.45, 2.75) is 57.7 Å². The lowest BCUT2D eigenvalue weighted by Crippen LogP contribution is -2.59. The Morgan fingerprint density at radius 1 is 1.14 bits per heavy atom. The van der Waals surface area contributed by atoms with Crippen LogP contribution in [0.15, 0.2) is 0 Å². The molecule has 1 aliphatic rings. The second-order valence-electron chi connectivity index (χ2n) is 5.48. The molecule has 0 bridgehead atoms. The summed E-state index contributed by atoms with van der Waals surface area (Å²) in [7, 11) is 2.22. The number of piperidine rings is 1. The molecule has 1 aliphatic heterocycles. The fraction of sp³-hybridized carbons (Fsp3) is 1.00. The third-order valence-electron chi connectivity index (χ3n) is 3.50. The molecule has 0 spiro atoms. The number of likely N-dealkylation sites (tertiary alicyclic amines) is 1. The summed E-state index contributed by atoms with van der Waals surface area (Å²) in [4.78, 5) is 2.47. The van der Waals surface area contributed by atoms with E-state index in [1.807, 2.05) is 6.26 Å². The van der Waals surface area contributed by atoms with Gasteiger partial charge in [-0.25, -0.2) is 0 Å². The van der Waals surface area contributed by atoms with Crippen molar-refractivity contribution in [3.63, 3.8) is 0 Å². The van der Waals surface area contributed by atoms with Crippen molar-refractivity contribution in [2.75, 3.05) is 13.3 Å². The second-order valence-corrected chi connectivity index (χ2v) is 6.00. The Morgan fingerprint density at radius 2 is 1.57 bits per heavy atom. The number of nitrogens with zero attached hydrogens (tertiary/aromatic N) is 1. The van der Waals surface area contributed by atoms with Gasteiger partial charge in [-0.3, -0.25) is 4.90 Å². The molecular formula is C11H23NOS. The molecule has 14 heavy (non-hydrogen) atoms. The van der Waals surface area contributed by atoms with Crippen molar-refractivity contribution in [3.8, 4) is 0 Å². The van der Waals surface area contributed by atoms with Crippen LogP contribution in [0.3, 0.4) is 0 Å². The Hall–Kier alpha value is 0.270. The molecule has 1 saturated heterocycles. The van der Waals surface area contributed by atoms with Gasteiger partial charge in [0.05, 0.1) is 6.10 Å². The van der Waals surface area contributed by atoms with Gasteiger partial charge in [-0.1, -0.05) is 0 Å². The molecule has 1 heterocycles. The van der Waals surface area contributed by atoms with Gasteiger partial charge in [0.2, 0.25) is 0 Å². The molecule has 0 N–H and O–H groups in total. The van der Waals surface area contributed by atoms with Crippen molar-refractivity contribution in [1.82, 2.24) is 4.90 Å². The molecule has 0 unspecified atom stereocenters. The average Bonchev–Trinajstić information content (AvgIpc) is 1.99. The molecule has 1 fully saturated rings. The summed E-state index contributed by atoms with van der Waals surface area (Å²) in [5.41, 5.74) is 0.476. The Balaban J connectivity index is 2.75. The Labute approximate surface area is 92.6 Å². The maximum atomic E-state index is 5.69. The lowest BCUT2D eigenvalue weighted by molar-refractivity contribution is -0.0505. The van der Waals surface area contributed by atoms with Crippen LogP contribution in [-0.4, -0.2) is 35.4 Å². The van der Waals surface area contributed by atoms with E-state index in [0.717, 1.165) is 12.8 Å². The standard InChI is InChI=1S/C11H23NOS/c1-10(2)7-9(13-14-6)8-11(3,4)12(10)5/h9H,7-8H2,1-6H3. The largest absolute Gasteiger partial charge is 0.312 e. The van der Waals surface area contributed by atoms with E-state index < -0.39 is 0 Å². The Kier molecular flexibility index (Phi) is 3.55. The van der Waals surface area contributed by atoms with Crippen molar-refractivity contribution < 1.29 is 4.18 Å². The summed E-state index contributed by atoms with van der Waals surface area (Å²) in [6.07, 6.45) is 4.63. The van der Waals surface area contributed by atoms with Crippen molar-refractivity contribution >= 4 is 12.0 Å². The average molecular weight is 217 g/mol. The van der Waals surface area contributed by atoms with E-state index in [2.05, 4.69) is 39.6 Å². The van der Waals surface area contributed by atoms with Gasteiger partial charge in [0, 0.05) is 17.3 Å². The molecule has 84 valence electrons. The highest BCUT2D eigenvalue weighted by Gasteiger charge is 2.43. The highest BCUT2D eigenvalue weighted by atomic mass is 32.2. The minimum Gasteiger partial charge on any atom is -0.312 e. The van der Waals surface area contributed by atoms with E-state index in [1.165, 1.54) is 12.0 Å². The molecule has 0 aromatic heterocycles. The van der Waals surface area contributed by atoms with Crippen LogP contribution in [0.25, 0.3) is 0 Å². The van der Waals surface area contributed by atoms with Crippen LogP contribution in [-0.2, 0) is 4.18 Å². The van der Waals surface area contributed by atoms with E-state index in [9.17, 15) is 0 Å². The van der Waals surface area contributed by atoms with E-state index >= 15 is 0 Å². The zero-order chi connectivity index (χ0) is 11.0. The molecule has 0 aromatic carbocycles. The molecule has 1 rings (SSSR count). The molecule has 0 radical (unpaired) electrons. The second kappa shape index (κ2) is 4.03. The molecule has 0 aliphatic carbocycles. The normalized spacial score (nSPS) is 27.9. The van der Waals surface area contributed by atoms with Crippen LogP contribution >= 0.6 is 12.0 Å². The molecule has 3 heteroatoms. The summed E-state index contributed by atoms with van der Waals surface area (Å²) >= 11 is 1.49. The smallest absolute Gasteiger partial charge is 0.0757 e. The predicted octanol–water partition coefficient (Wildman–Crippen LogP) is 2.93. The first-order valence-corrected chi connectivity index (χ1v) is 6.38. The van der Waals surface area contributed by atoms with Crippen LogP contribution in [0.4, 0.5) is 0 Å². The maximum absolute atomic E-state index is 5.69. The highest BCUT2D eigenvalue weighted by molar-refractivity contribution is 7.93. The van der Waals surface area contributed by atoms with Crippen LogP contribution in [0, 0.1) is 0 Å². The number of hydrogen-bond acceptors (Lipinski definition) is 3. The number of rotatable bonds is 2.